The zero-order valence-corrected chi connectivity index (χ0v) is 15.7. The van der Waals surface area contributed by atoms with E-state index in [0.29, 0.717) is 17.6 Å². The van der Waals surface area contributed by atoms with Crippen LogP contribution in [-0.2, 0) is 16.0 Å². The van der Waals surface area contributed by atoms with Gasteiger partial charge in [-0.05, 0) is 35.7 Å². The summed E-state index contributed by atoms with van der Waals surface area (Å²) in [6.45, 7) is 0. The van der Waals surface area contributed by atoms with Crippen LogP contribution in [0.1, 0.15) is 22.6 Å². The number of allylic oxidation sites excluding steroid dienone is 1. The second-order valence-corrected chi connectivity index (χ2v) is 6.95. The van der Waals surface area contributed by atoms with Crippen molar-refractivity contribution >= 4 is 5.97 Å². The number of carbonyl (C=O) groups excluding carboxylic acids is 1. The summed E-state index contributed by atoms with van der Waals surface area (Å²) in [6.07, 6.45) is 1.99. The summed E-state index contributed by atoms with van der Waals surface area (Å²) >= 11 is 0. The van der Waals surface area contributed by atoms with E-state index in [9.17, 15) is 9.18 Å². The number of cyclic esters (lactones) is 1. The van der Waals surface area contributed by atoms with Gasteiger partial charge in [-0.15, -0.1) is 0 Å². The van der Waals surface area contributed by atoms with Crippen molar-refractivity contribution in [3.05, 3.63) is 119 Å². The van der Waals surface area contributed by atoms with Crippen LogP contribution in [0.3, 0.4) is 0 Å². The number of carbonyl (C=O) groups is 1. The van der Waals surface area contributed by atoms with Crippen molar-refractivity contribution < 1.29 is 13.9 Å². The van der Waals surface area contributed by atoms with Crippen LogP contribution < -0.4 is 0 Å². The van der Waals surface area contributed by atoms with Gasteiger partial charge in [0.15, 0.2) is 0 Å². The van der Waals surface area contributed by atoms with Crippen molar-refractivity contribution in [1.82, 2.24) is 0 Å². The van der Waals surface area contributed by atoms with E-state index in [4.69, 9.17) is 4.74 Å². The lowest BCUT2D eigenvalue weighted by Crippen LogP contribution is -2.30. The van der Waals surface area contributed by atoms with E-state index >= 15 is 0 Å². The number of ether oxygens (including phenoxy) is 1. The van der Waals surface area contributed by atoms with E-state index in [-0.39, 0.29) is 23.6 Å². The highest BCUT2D eigenvalue weighted by atomic mass is 19.1. The second-order valence-electron chi connectivity index (χ2n) is 6.95. The first-order chi connectivity index (χ1) is 14.2. The quantitative estimate of drug-likeness (QED) is 0.456. The molecule has 0 bridgehead atoms. The Morgan fingerprint density at radius 2 is 1.59 bits per heavy atom. The Balaban J connectivity index is 1.72. The minimum atomic E-state index is -0.387. The van der Waals surface area contributed by atoms with Crippen molar-refractivity contribution in [3.63, 3.8) is 0 Å². The molecule has 0 amide bonds. The molecule has 0 aromatic heterocycles. The number of halogens is 1. The molecule has 0 saturated heterocycles. The van der Waals surface area contributed by atoms with Gasteiger partial charge in [-0.1, -0.05) is 78.6 Å². The monoisotopic (exact) mass is 382 g/mol. The summed E-state index contributed by atoms with van der Waals surface area (Å²) in [7, 11) is 0. The van der Waals surface area contributed by atoms with Crippen LogP contribution in [0.2, 0.25) is 0 Å². The van der Waals surface area contributed by atoms with Crippen molar-refractivity contribution in [2.45, 2.75) is 12.3 Å². The highest BCUT2D eigenvalue weighted by molar-refractivity contribution is 5.78. The topological polar surface area (TPSA) is 26.3 Å². The van der Waals surface area contributed by atoms with E-state index in [2.05, 4.69) is 11.8 Å². The Hall–Kier alpha value is -3.64. The molecule has 0 N–H and O–H groups in total. The molecule has 0 unspecified atom stereocenters. The summed E-state index contributed by atoms with van der Waals surface area (Å²) < 4.78 is 18.8. The standard InChI is InChI=1S/C26H19FO2/c27-23-13-7-10-20(16-23)14-15-22-18-29-26(28)24(17-19-8-3-1-4-9-19)25(22)21-11-5-2-6-12-21/h1-13,16,18,24-25H,17H2/t24-,25+/m0/s1. The molecule has 0 radical (unpaired) electrons. The van der Waals surface area contributed by atoms with Crippen LogP contribution in [0.5, 0.6) is 0 Å². The zero-order chi connectivity index (χ0) is 20.1. The largest absolute Gasteiger partial charge is 0.433 e. The Bertz CT molecular complexity index is 1090. The van der Waals surface area contributed by atoms with E-state index in [1.54, 1.807) is 12.1 Å². The third-order valence-corrected chi connectivity index (χ3v) is 4.98. The van der Waals surface area contributed by atoms with Crippen molar-refractivity contribution in [2.24, 2.45) is 5.92 Å². The highest BCUT2D eigenvalue weighted by Crippen LogP contribution is 2.38. The molecule has 29 heavy (non-hydrogen) atoms. The fourth-order valence-electron chi connectivity index (χ4n) is 3.59. The third kappa shape index (κ3) is 4.44. The average Bonchev–Trinajstić information content (AvgIpc) is 2.75. The van der Waals surface area contributed by atoms with Crippen LogP contribution in [0, 0.1) is 23.6 Å². The second kappa shape index (κ2) is 8.58. The molecule has 1 aliphatic rings. The molecular formula is C26H19FO2. The lowest BCUT2D eigenvalue weighted by Gasteiger charge is -2.29. The summed E-state index contributed by atoms with van der Waals surface area (Å²) in [5, 5.41) is 0. The molecule has 0 aliphatic carbocycles. The van der Waals surface area contributed by atoms with Gasteiger partial charge in [-0.25, -0.2) is 4.39 Å². The van der Waals surface area contributed by atoms with Crippen LogP contribution >= 0.6 is 0 Å². The third-order valence-electron chi connectivity index (χ3n) is 4.98. The van der Waals surface area contributed by atoms with E-state index in [0.717, 1.165) is 11.1 Å². The summed E-state index contributed by atoms with van der Waals surface area (Å²) in [6, 6.07) is 25.9. The van der Waals surface area contributed by atoms with Crippen molar-refractivity contribution in [3.8, 4) is 11.8 Å². The summed E-state index contributed by atoms with van der Waals surface area (Å²) in [4.78, 5) is 12.7. The Kier molecular flexibility index (Phi) is 5.54. The van der Waals surface area contributed by atoms with Crippen LogP contribution in [-0.4, -0.2) is 5.97 Å². The minimum absolute atomic E-state index is 0.223. The van der Waals surface area contributed by atoms with Crippen LogP contribution in [0.4, 0.5) is 4.39 Å². The first-order valence-corrected chi connectivity index (χ1v) is 9.48. The molecule has 2 atom stereocenters. The maximum atomic E-state index is 13.5. The Labute approximate surface area is 169 Å². The van der Waals surface area contributed by atoms with E-state index in [1.165, 1.54) is 18.4 Å². The van der Waals surface area contributed by atoms with Gasteiger partial charge in [-0.3, -0.25) is 4.79 Å². The highest BCUT2D eigenvalue weighted by Gasteiger charge is 2.36. The molecule has 0 spiro atoms. The first-order valence-electron chi connectivity index (χ1n) is 9.48. The molecule has 4 rings (SSSR count). The number of rotatable bonds is 3. The van der Waals surface area contributed by atoms with Gasteiger partial charge in [0.1, 0.15) is 12.1 Å². The number of esters is 1. The van der Waals surface area contributed by atoms with Crippen LogP contribution in [0.15, 0.2) is 96.8 Å². The molecule has 1 heterocycles. The summed E-state index contributed by atoms with van der Waals surface area (Å²) in [5.74, 6) is 4.92. The molecule has 2 nitrogen and oxygen atoms in total. The molecule has 0 fully saturated rings. The maximum Gasteiger partial charge on any atom is 0.315 e. The SMILES string of the molecule is O=C1OC=C(C#Cc2cccc(F)c2)[C@@H](c2ccccc2)[C@@H]1Cc1ccccc1. The Morgan fingerprint density at radius 1 is 0.862 bits per heavy atom. The molecule has 142 valence electrons. The fraction of sp³-hybridized carbons (Fsp3) is 0.115. The molecule has 3 aromatic carbocycles. The number of hydrogen-bond acceptors (Lipinski definition) is 2. The zero-order valence-electron chi connectivity index (χ0n) is 15.7. The normalized spacial score (nSPS) is 18.2. The first kappa shape index (κ1) is 18.7. The van der Waals surface area contributed by atoms with Gasteiger partial charge < -0.3 is 4.74 Å². The predicted octanol–water partition coefficient (Wildman–Crippen LogP) is 5.26. The van der Waals surface area contributed by atoms with E-state index in [1.807, 2.05) is 60.7 Å². The van der Waals surface area contributed by atoms with Gasteiger partial charge in [0.25, 0.3) is 0 Å². The van der Waals surface area contributed by atoms with Crippen molar-refractivity contribution in [2.75, 3.05) is 0 Å². The van der Waals surface area contributed by atoms with Gasteiger partial charge in [0.05, 0.1) is 5.92 Å². The van der Waals surface area contributed by atoms with Gasteiger partial charge in [0.2, 0.25) is 0 Å². The fourth-order valence-corrected chi connectivity index (χ4v) is 3.59. The molecule has 0 saturated carbocycles. The van der Waals surface area contributed by atoms with Gasteiger partial charge in [-0.2, -0.15) is 0 Å². The number of benzene rings is 3. The molecule has 3 aromatic rings. The lowest BCUT2D eigenvalue weighted by molar-refractivity contribution is -0.144. The average molecular weight is 382 g/mol. The van der Waals surface area contributed by atoms with Gasteiger partial charge in [0, 0.05) is 17.1 Å². The Morgan fingerprint density at radius 3 is 2.31 bits per heavy atom. The van der Waals surface area contributed by atoms with Gasteiger partial charge >= 0.3 is 5.97 Å². The maximum absolute atomic E-state index is 13.5. The molecule has 1 aliphatic heterocycles. The van der Waals surface area contributed by atoms with E-state index < -0.39 is 0 Å². The predicted molar refractivity (Wildman–Crippen MR) is 110 cm³/mol. The van der Waals surface area contributed by atoms with Crippen LogP contribution in [0.25, 0.3) is 0 Å². The van der Waals surface area contributed by atoms with Crippen molar-refractivity contribution in [1.29, 1.82) is 0 Å². The lowest BCUT2D eigenvalue weighted by atomic mass is 9.77. The summed E-state index contributed by atoms with van der Waals surface area (Å²) in [5.41, 5.74) is 3.36. The molecular weight excluding hydrogens is 363 g/mol. The number of hydrogen-bond donors (Lipinski definition) is 0. The smallest absolute Gasteiger partial charge is 0.315 e. The minimum Gasteiger partial charge on any atom is -0.433 e. The molecule has 3 heteroatoms.